The Morgan fingerprint density at radius 3 is 2.82 bits per heavy atom. The Bertz CT molecular complexity index is 284. The summed E-state index contributed by atoms with van der Waals surface area (Å²) in [6.07, 6.45) is 7.16. The van der Waals surface area contributed by atoms with E-state index in [0.717, 1.165) is 31.1 Å². The number of ether oxygens (including phenoxy) is 1. The van der Waals surface area contributed by atoms with Crippen molar-refractivity contribution in [2.24, 2.45) is 0 Å². The third-order valence-electron chi connectivity index (χ3n) is 2.56. The maximum absolute atomic E-state index is 12.0. The van der Waals surface area contributed by atoms with Crippen molar-refractivity contribution >= 4 is 22.0 Å². The summed E-state index contributed by atoms with van der Waals surface area (Å²) in [7, 11) is 0. The topological polar surface area (TPSA) is 29.5 Å². The largest absolute Gasteiger partial charge is 0.444 e. The Hall–Kier alpha value is -0.510. The Labute approximate surface area is 112 Å². The second-order valence-electron chi connectivity index (χ2n) is 5.29. The average molecular weight is 304 g/mol. The molecule has 98 valence electrons. The van der Waals surface area contributed by atoms with Gasteiger partial charge < -0.3 is 9.64 Å². The van der Waals surface area contributed by atoms with Gasteiger partial charge in [-0.1, -0.05) is 28.1 Å². The maximum atomic E-state index is 12.0. The number of likely N-dealkylation sites (tertiary alicyclic amines) is 1. The van der Waals surface area contributed by atoms with Crippen molar-refractivity contribution in [3.05, 3.63) is 12.2 Å². The molecule has 1 heterocycles. The highest BCUT2D eigenvalue weighted by atomic mass is 79.9. The predicted molar refractivity (Wildman–Crippen MR) is 73.5 cm³/mol. The SMILES string of the molecule is CC(C)(C)OC(=O)N1CCC[C@@H]1/C=C\CCBr. The molecule has 1 amide bonds. The van der Waals surface area contributed by atoms with Crippen molar-refractivity contribution in [3.8, 4) is 0 Å². The van der Waals surface area contributed by atoms with Crippen molar-refractivity contribution < 1.29 is 9.53 Å². The number of alkyl halides is 1. The van der Waals surface area contributed by atoms with Gasteiger partial charge in [-0.25, -0.2) is 4.79 Å². The van der Waals surface area contributed by atoms with Gasteiger partial charge in [-0.15, -0.1) is 0 Å². The maximum Gasteiger partial charge on any atom is 0.410 e. The second-order valence-corrected chi connectivity index (χ2v) is 6.08. The molecule has 0 spiro atoms. The molecule has 0 N–H and O–H groups in total. The number of carbonyl (C=O) groups excluding carboxylic acids is 1. The standard InChI is InChI=1S/C13H22BrNO2/c1-13(2,3)17-12(16)15-10-6-8-11(15)7-4-5-9-14/h4,7,11H,5-6,8-10H2,1-3H3/b7-4-/t11-/m0/s1. The van der Waals surface area contributed by atoms with Crippen LogP contribution in [0.1, 0.15) is 40.0 Å². The van der Waals surface area contributed by atoms with Gasteiger partial charge >= 0.3 is 6.09 Å². The van der Waals surface area contributed by atoms with E-state index in [1.54, 1.807) is 0 Å². The van der Waals surface area contributed by atoms with Crippen molar-refractivity contribution in [2.75, 3.05) is 11.9 Å². The van der Waals surface area contributed by atoms with Crippen LogP contribution in [0.15, 0.2) is 12.2 Å². The molecule has 0 radical (unpaired) electrons. The zero-order valence-electron chi connectivity index (χ0n) is 10.9. The smallest absolute Gasteiger partial charge is 0.410 e. The predicted octanol–water partition coefficient (Wildman–Crippen LogP) is 3.73. The summed E-state index contributed by atoms with van der Waals surface area (Å²) in [5.41, 5.74) is -0.413. The first-order valence-corrected chi connectivity index (χ1v) is 7.28. The minimum atomic E-state index is -0.413. The Morgan fingerprint density at radius 1 is 1.53 bits per heavy atom. The van der Waals surface area contributed by atoms with E-state index in [1.165, 1.54) is 0 Å². The average Bonchev–Trinajstić information content (AvgIpc) is 2.64. The molecule has 0 aromatic heterocycles. The molecule has 1 aliphatic rings. The summed E-state index contributed by atoms with van der Waals surface area (Å²) in [5, 5.41) is 0.961. The molecule has 1 saturated heterocycles. The summed E-state index contributed by atoms with van der Waals surface area (Å²) < 4.78 is 5.40. The molecule has 1 aliphatic heterocycles. The second kappa shape index (κ2) is 6.43. The fraction of sp³-hybridized carbons (Fsp3) is 0.769. The van der Waals surface area contributed by atoms with E-state index < -0.39 is 5.60 Å². The number of rotatable bonds is 3. The first-order chi connectivity index (χ1) is 7.94. The number of carbonyl (C=O) groups is 1. The molecule has 0 bridgehead atoms. The van der Waals surface area contributed by atoms with Crippen molar-refractivity contribution in [1.82, 2.24) is 4.90 Å². The van der Waals surface area contributed by atoms with E-state index in [0.29, 0.717) is 0 Å². The first-order valence-electron chi connectivity index (χ1n) is 6.16. The zero-order valence-corrected chi connectivity index (χ0v) is 12.5. The Morgan fingerprint density at radius 2 is 2.24 bits per heavy atom. The van der Waals surface area contributed by atoms with Crippen LogP contribution in [-0.4, -0.2) is 34.5 Å². The van der Waals surface area contributed by atoms with Gasteiger partial charge in [0.15, 0.2) is 0 Å². The van der Waals surface area contributed by atoms with E-state index in [-0.39, 0.29) is 12.1 Å². The minimum absolute atomic E-state index is 0.191. The van der Waals surface area contributed by atoms with Crippen LogP contribution in [0.5, 0.6) is 0 Å². The molecule has 17 heavy (non-hydrogen) atoms. The van der Waals surface area contributed by atoms with Gasteiger partial charge in [0.2, 0.25) is 0 Å². The van der Waals surface area contributed by atoms with Gasteiger partial charge in [-0.3, -0.25) is 0 Å². The molecule has 4 heteroatoms. The molecule has 0 unspecified atom stereocenters. The molecule has 1 atom stereocenters. The van der Waals surface area contributed by atoms with Gasteiger partial charge in [0, 0.05) is 11.9 Å². The van der Waals surface area contributed by atoms with Crippen LogP contribution < -0.4 is 0 Å². The van der Waals surface area contributed by atoms with E-state index >= 15 is 0 Å². The lowest BCUT2D eigenvalue weighted by Crippen LogP contribution is -2.39. The fourth-order valence-corrected chi connectivity index (χ4v) is 2.12. The molecular weight excluding hydrogens is 282 g/mol. The molecule has 0 aliphatic carbocycles. The zero-order chi connectivity index (χ0) is 12.9. The fourth-order valence-electron chi connectivity index (χ4n) is 1.86. The number of amides is 1. The first kappa shape index (κ1) is 14.6. The van der Waals surface area contributed by atoms with Gasteiger partial charge in [0.25, 0.3) is 0 Å². The van der Waals surface area contributed by atoms with Gasteiger partial charge in [0.1, 0.15) is 5.60 Å². The summed E-state index contributed by atoms with van der Waals surface area (Å²) in [6.45, 7) is 6.50. The Kier molecular flexibility index (Phi) is 5.50. The number of halogens is 1. The number of hydrogen-bond acceptors (Lipinski definition) is 2. The van der Waals surface area contributed by atoms with E-state index in [9.17, 15) is 4.79 Å². The van der Waals surface area contributed by atoms with E-state index in [1.807, 2.05) is 25.7 Å². The summed E-state index contributed by atoms with van der Waals surface area (Å²) >= 11 is 3.39. The highest BCUT2D eigenvalue weighted by Crippen LogP contribution is 2.21. The van der Waals surface area contributed by atoms with Crippen molar-refractivity contribution in [2.45, 2.75) is 51.7 Å². The van der Waals surface area contributed by atoms with Crippen LogP contribution in [0, 0.1) is 0 Å². The van der Waals surface area contributed by atoms with Crippen LogP contribution in [-0.2, 0) is 4.74 Å². The Balaban J connectivity index is 2.54. The van der Waals surface area contributed by atoms with Crippen LogP contribution in [0.3, 0.4) is 0 Å². The normalized spacial score (nSPS) is 21.2. The van der Waals surface area contributed by atoms with Crippen LogP contribution in [0.2, 0.25) is 0 Å². The monoisotopic (exact) mass is 303 g/mol. The third kappa shape index (κ3) is 5.11. The van der Waals surface area contributed by atoms with Crippen LogP contribution in [0.25, 0.3) is 0 Å². The van der Waals surface area contributed by atoms with Gasteiger partial charge in [-0.05, 0) is 40.0 Å². The summed E-state index contributed by atoms with van der Waals surface area (Å²) in [4.78, 5) is 13.8. The molecule has 1 fully saturated rings. The van der Waals surface area contributed by atoms with Crippen molar-refractivity contribution in [3.63, 3.8) is 0 Å². The lowest BCUT2D eigenvalue weighted by atomic mass is 10.2. The van der Waals surface area contributed by atoms with E-state index in [4.69, 9.17) is 4.74 Å². The highest BCUT2D eigenvalue weighted by Gasteiger charge is 2.30. The van der Waals surface area contributed by atoms with Gasteiger partial charge in [0.05, 0.1) is 6.04 Å². The lowest BCUT2D eigenvalue weighted by Gasteiger charge is -2.27. The molecule has 0 aromatic rings. The molecule has 3 nitrogen and oxygen atoms in total. The van der Waals surface area contributed by atoms with Crippen molar-refractivity contribution in [1.29, 1.82) is 0 Å². The third-order valence-corrected chi connectivity index (χ3v) is 3.02. The number of allylic oxidation sites excluding steroid dienone is 1. The number of nitrogens with zero attached hydrogens (tertiary/aromatic N) is 1. The number of hydrogen-bond donors (Lipinski definition) is 0. The molecular formula is C13H22BrNO2. The van der Waals surface area contributed by atoms with Crippen LogP contribution >= 0.6 is 15.9 Å². The highest BCUT2D eigenvalue weighted by molar-refractivity contribution is 9.09. The molecule has 0 aromatic carbocycles. The molecule has 1 rings (SSSR count). The van der Waals surface area contributed by atoms with Crippen LogP contribution in [0.4, 0.5) is 4.79 Å². The lowest BCUT2D eigenvalue weighted by molar-refractivity contribution is 0.0256. The minimum Gasteiger partial charge on any atom is -0.444 e. The van der Waals surface area contributed by atoms with Gasteiger partial charge in [-0.2, -0.15) is 0 Å². The van der Waals surface area contributed by atoms with E-state index in [2.05, 4.69) is 28.1 Å². The molecule has 0 saturated carbocycles. The summed E-state index contributed by atoms with van der Waals surface area (Å²) in [5.74, 6) is 0. The summed E-state index contributed by atoms with van der Waals surface area (Å²) in [6, 6.07) is 0.212. The quantitative estimate of drug-likeness (QED) is 0.587.